The number of nitrogens with two attached hydrogens (primary N) is 1. The van der Waals surface area contributed by atoms with Gasteiger partial charge in [0.2, 0.25) is 5.96 Å². The fourth-order valence-corrected chi connectivity index (χ4v) is 2.70. The second-order valence-electron chi connectivity index (χ2n) is 5.40. The van der Waals surface area contributed by atoms with Crippen molar-refractivity contribution in [1.82, 2.24) is 5.43 Å². The molecule has 1 aromatic carbocycles. The van der Waals surface area contributed by atoms with E-state index in [1.807, 2.05) is 18.2 Å². The standard InChI is InChI=1S/C15H22N4O2/c16-19-15(17-11-4-1-2-5-11)18-12-6-7-13-14(10-12)21-9-3-8-20-13/h6-7,10-11H,1-5,8-9,16H2,(H2,17,18,19). The van der Waals surface area contributed by atoms with Crippen molar-refractivity contribution in [2.45, 2.75) is 38.1 Å². The van der Waals surface area contributed by atoms with Gasteiger partial charge in [-0.15, -0.1) is 0 Å². The number of hydrogen-bond acceptors (Lipinski definition) is 4. The van der Waals surface area contributed by atoms with Gasteiger partial charge in [-0.05, 0) is 25.0 Å². The molecule has 1 heterocycles. The summed E-state index contributed by atoms with van der Waals surface area (Å²) >= 11 is 0. The van der Waals surface area contributed by atoms with Gasteiger partial charge in [-0.3, -0.25) is 5.43 Å². The molecule has 0 saturated heterocycles. The molecule has 0 amide bonds. The summed E-state index contributed by atoms with van der Waals surface area (Å²) in [7, 11) is 0. The highest BCUT2D eigenvalue weighted by atomic mass is 16.5. The summed E-state index contributed by atoms with van der Waals surface area (Å²) < 4.78 is 11.3. The third kappa shape index (κ3) is 3.58. The number of hydrazine groups is 1. The Hall–Kier alpha value is -1.95. The second-order valence-corrected chi connectivity index (χ2v) is 5.40. The van der Waals surface area contributed by atoms with E-state index in [0.717, 1.165) is 36.4 Å². The maximum atomic E-state index is 5.68. The Morgan fingerprint density at radius 1 is 1.10 bits per heavy atom. The van der Waals surface area contributed by atoms with E-state index in [1.165, 1.54) is 12.8 Å². The van der Waals surface area contributed by atoms with Gasteiger partial charge in [0.05, 0.1) is 19.3 Å². The van der Waals surface area contributed by atoms with Crippen molar-refractivity contribution < 1.29 is 9.47 Å². The van der Waals surface area contributed by atoms with Crippen LogP contribution in [0, 0.1) is 0 Å². The molecule has 1 saturated carbocycles. The summed E-state index contributed by atoms with van der Waals surface area (Å²) in [6.07, 6.45) is 5.66. The summed E-state index contributed by atoms with van der Waals surface area (Å²) in [5.41, 5.74) is 3.52. The summed E-state index contributed by atoms with van der Waals surface area (Å²) in [6, 6.07) is 6.13. The van der Waals surface area contributed by atoms with Gasteiger partial charge >= 0.3 is 0 Å². The minimum Gasteiger partial charge on any atom is -0.490 e. The van der Waals surface area contributed by atoms with Crippen LogP contribution in [0.3, 0.4) is 0 Å². The summed E-state index contributed by atoms with van der Waals surface area (Å²) in [5.74, 6) is 7.70. The van der Waals surface area contributed by atoms with E-state index in [0.29, 0.717) is 25.2 Å². The number of fused-ring (bicyclic) bond motifs is 1. The molecule has 1 fully saturated rings. The minimum atomic E-state index is 0.365. The smallest absolute Gasteiger partial charge is 0.210 e. The van der Waals surface area contributed by atoms with E-state index >= 15 is 0 Å². The van der Waals surface area contributed by atoms with Crippen LogP contribution in [-0.2, 0) is 0 Å². The Labute approximate surface area is 124 Å². The van der Waals surface area contributed by atoms with Crippen molar-refractivity contribution in [2.24, 2.45) is 10.8 Å². The highest BCUT2D eigenvalue weighted by Gasteiger charge is 2.15. The van der Waals surface area contributed by atoms with Gasteiger partial charge in [0, 0.05) is 18.2 Å². The predicted octanol–water partition coefficient (Wildman–Crippen LogP) is 2.02. The molecule has 3 rings (SSSR count). The second kappa shape index (κ2) is 6.67. The molecule has 2 aliphatic rings. The van der Waals surface area contributed by atoms with Crippen LogP contribution in [0.4, 0.5) is 5.69 Å². The van der Waals surface area contributed by atoms with Gasteiger partial charge in [0.25, 0.3) is 0 Å². The lowest BCUT2D eigenvalue weighted by atomic mass is 10.2. The molecule has 1 aliphatic heterocycles. The first-order valence-electron chi connectivity index (χ1n) is 7.56. The van der Waals surface area contributed by atoms with Crippen molar-refractivity contribution in [3.05, 3.63) is 18.2 Å². The molecule has 0 bridgehead atoms. The van der Waals surface area contributed by atoms with Crippen LogP contribution in [0.2, 0.25) is 0 Å². The van der Waals surface area contributed by atoms with E-state index < -0.39 is 0 Å². The van der Waals surface area contributed by atoms with Crippen molar-refractivity contribution >= 4 is 11.6 Å². The number of guanidine groups is 1. The van der Waals surface area contributed by atoms with E-state index in [9.17, 15) is 0 Å². The summed E-state index contributed by atoms with van der Waals surface area (Å²) in [5, 5.41) is 3.20. The molecule has 4 N–H and O–H groups in total. The molecule has 6 nitrogen and oxygen atoms in total. The van der Waals surface area contributed by atoms with E-state index in [2.05, 4.69) is 15.7 Å². The molecule has 0 radical (unpaired) electrons. The molecule has 0 atom stereocenters. The predicted molar refractivity (Wildman–Crippen MR) is 82.7 cm³/mol. The zero-order chi connectivity index (χ0) is 14.5. The van der Waals surface area contributed by atoms with E-state index in [-0.39, 0.29) is 0 Å². The average molecular weight is 290 g/mol. The van der Waals surface area contributed by atoms with Crippen LogP contribution in [0.25, 0.3) is 0 Å². The Bertz CT molecular complexity index is 512. The summed E-state index contributed by atoms with van der Waals surface area (Å²) in [4.78, 5) is 4.62. The molecular formula is C15H22N4O2. The van der Waals surface area contributed by atoms with E-state index in [4.69, 9.17) is 15.3 Å². The van der Waals surface area contributed by atoms with Gasteiger partial charge in [-0.25, -0.2) is 10.8 Å². The zero-order valence-corrected chi connectivity index (χ0v) is 12.1. The molecule has 0 aromatic heterocycles. The van der Waals surface area contributed by atoms with Crippen LogP contribution in [-0.4, -0.2) is 25.2 Å². The molecule has 1 aliphatic carbocycles. The average Bonchev–Trinajstić information content (AvgIpc) is 2.90. The maximum absolute atomic E-state index is 5.68. The number of rotatable bonds is 2. The molecular weight excluding hydrogens is 268 g/mol. The first-order chi connectivity index (χ1) is 10.3. The van der Waals surface area contributed by atoms with Crippen LogP contribution in [0.5, 0.6) is 11.5 Å². The molecule has 1 aromatic rings. The van der Waals surface area contributed by atoms with E-state index in [1.54, 1.807) is 0 Å². The first kappa shape index (κ1) is 14.0. The fourth-order valence-electron chi connectivity index (χ4n) is 2.70. The largest absolute Gasteiger partial charge is 0.490 e. The number of anilines is 1. The highest BCUT2D eigenvalue weighted by Crippen LogP contribution is 2.32. The third-order valence-corrected chi connectivity index (χ3v) is 3.78. The Balaban J connectivity index is 1.72. The van der Waals surface area contributed by atoms with Crippen molar-refractivity contribution in [2.75, 3.05) is 18.5 Å². The highest BCUT2D eigenvalue weighted by molar-refractivity contribution is 5.93. The number of aliphatic imine (C=N–C) groups is 1. The number of benzene rings is 1. The maximum Gasteiger partial charge on any atom is 0.210 e. The summed E-state index contributed by atoms with van der Waals surface area (Å²) in [6.45, 7) is 1.37. The molecule has 0 unspecified atom stereocenters. The lowest BCUT2D eigenvalue weighted by Crippen LogP contribution is -2.37. The van der Waals surface area contributed by atoms with Crippen molar-refractivity contribution in [3.8, 4) is 11.5 Å². The fraction of sp³-hybridized carbons (Fsp3) is 0.533. The zero-order valence-electron chi connectivity index (χ0n) is 12.1. The Morgan fingerprint density at radius 3 is 2.62 bits per heavy atom. The van der Waals surface area contributed by atoms with Crippen LogP contribution in [0.1, 0.15) is 32.1 Å². The van der Waals surface area contributed by atoms with Gasteiger partial charge in [0.15, 0.2) is 11.5 Å². The quantitative estimate of drug-likeness (QED) is 0.336. The molecule has 6 heteroatoms. The number of ether oxygens (including phenoxy) is 2. The van der Waals surface area contributed by atoms with Gasteiger partial charge < -0.3 is 14.8 Å². The van der Waals surface area contributed by atoms with Crippen LogP contribution >= 0.6 is 0 Å². The first-order valence-corrected chi connectivity index (χ1v) is 7.56. The third-order valence-electron chi connectivity index (χ3n) is 3.78. The number of nitrogens with zero attached hydrogens (tertiary/aromatic N) is 1. The van der Waals surface area contributed by atoms with Gasteiger partial charge in [0.1, 0.15) is 0 Å². The topological polar surface area (TPSA) is 80.9 Å². The number of hydrogen-bond donors (Lipinski definition) is 3. The molecule has 114 valence electrons. The molecule has 21 heavy (non-hydrogen) atoms. The van der Waals surface area contributed by atoms with Crippen molar-refractivity contribution in [3.63, 3.8) is 0 Å². The normalized spacial score (nSPS) is 19.2. The van der Waals surface area contributed by atoms with Gasteiger partial charge in [-0.1, -0.05) is 12.8 Å². The minimum absolute atomic E-state index is 0.365. The van der Waals surface area contributed by atoms with Crippen LogP contribution in [0.15, 0.2) is 23.2 Å². The Morgan fingerprint density at radius 2 is 1.86 bits per heavy atom. The lowest BCUT2D eigenvalue weighted by Gasteiger charge is -2.13. The number of nitrogens with one attached hydrogen (secondary N) is 2. The Kier molecular flexibility index (Phi) is 4.45. The lowest BCUT2D eigenvalue weighted by molar-refractivity contribution is 0.297. The van der Waals surface area contributed by atoms with Crippen molar-refractivity contribution in [1.29, 1.82) is 0 Å². The van der Waals surface area contributed by atoms with Gasteiger partial charge in [-0.2, -0.15) is 0 Å². The monoisotopic (exact) mass is 290 g/mol. The SMILES string of the molecule is NNC(=NC1CCCC1)Nc1ccc2c(c1)OCCCO2. The van der Waals surface area contributed by atoms with Crippen LogP contribution < -0.4 is 26.1 Å². The molecule has 0 spiro atoms.